The van der Waals surface area contributed by atoms with E-state index >= 15 is 0 Å². The van der Waals surface area contributed by atoms with Crippen LogP contribution in [0.1, 0.15) is 49.1 Å². The fourth-order valence-corrected chi connectivity index (χ4v) is 4.75. The number of hydrogen-bond acceptors (Lipinski definition) is 5. The molecule has 3 aromatic rings. The molecule has 8 nitrogen and oxygen atoms in total. The third-order valence-corrected chi connectivity index (χ3v) is 6.70. The predicted molar refractivity (Wildman–Crippen MR) is 166 cm³/mol. The van der Waals surface area contributed by atoms with Crippen LogP contribution >= 0.6 is 11.6 Å². The second-order valence-corrected chi connectivity index (χ2v) is 11.2. The quantitative estimate of drug-likeness (QED) is 0.256. The zero-order chi connectivity index (χ0) is 30.9. The van der Waals surface area contributed by atoms with Crippen LogP contribution in [0.3, 0.4) is 0 Å². The number of nitrogens with zero attached hydrogens (tertiary/aromatic N) is 1. The van der Waals surface area contributed by atoms with Crippen molar-refractivity contribution >= 4 is 41.3 Å². The van der Waals surface area contributed by atoms with Crippen molar-refractivity contribution < 1.29 is 24.2 Å². The zero-order valence-electron chi connectivity index (χ0n) is 24.4. The monoisotopic (exact) mass is 591 g/mol. The van der Waals surface area contributed by atoms with Crippen molar-refractivity contribution in [3.05, 3.63) is 107 Å². The maximum Gasteiger partial charge on any atom is 0.408 e. The van der Waals surface area contributed by atoms with Gasteiger partial charge in [0, 0.05) is 13.0 Å². The van der Waals surface area contributed by atoms with Crippen LogP contribution in [-0.2, 0) is 20.7 Å². The molecule has 42 heavy (non-hydrogen) atoms. The van der Waals surface area contributed by atoms with Crippen LogP contribution in [0.25, 0.3) is 6.08 Å². The Bertz CT molecular complexity index is 1380. The Morgan fingerprint density at radius 1 is 1.05 bits per heavy atom. The van der Waals surface area contributed by atoms with E-state index in [9.17, 15) is 19.5 Å². The van der Waals surface area contributed by atoms with E-state index in [1.165, 1.54) is 4.90 Å². The Morgan fingerprint density at radius 3 is 2.36 bits per heavy atom. The summed E-state index contributed by atoms with van der Waals surface area (Å²) in [5.74, 6) is -1.11. The van der Waals surface area contributed by atoms with Crippen molar-refractivity contribution in [2.75, 3.05) is 18.5 Å². The van der Waals surface area contributed by atoms with Crippen LogP contribution in [0.2, 0.25) is 5.02 Å². The van der Waals surface area contributed by atoms with Gasteiger partial charge in [0.15, 0.2) is 0 Å². The lowest BCUT2D eigenvalue weighted by Crippen LogP contribution is -2.53. The molecular weight excluding hydrogens is 554 g/mol. The van der Waals surface area contributed by atoms with Gasteiger partial charge in [-0.1, -0.05) is 84.9 Å². The number of aryl methyl sites for hydroxylation is 1. The molecule has 0 bridgehead atoms. The number of nitrogens with one attached hydrogen (secondary N) is 2. The van der Waals surface area contributed by atoms with Crippen LogP contribution in [0.15, 0.2) is 79.4 Å². The topological polar surface area (TPSA) is 108 Å². The molecule has 222 valence electrons. The number of para-hydroxylation sites is 1. The molecule has 2 atom stereocenters. The second kappa shape index (κ2) is 14.7. The molecule has 0 spiro atoms. The molecule has 9 heteroatoms. The highest BCUT2D eigenvalue weighted by Crippen LogP contribution is 2.30. The highest BCUT2D eigenvalue weighted by atomic mass is 35.5. The third-order valence-electron chi connectivity index (χ3n) is 6.39. The Kier molecular flexibility index (Phi) is 11.3. The summed E-state index contributed by atoms with van der Waals surface area (Å²) in [6.07, 6.45) is 0.991. The van der Waals surface area contributed by atoms with Crippen molar-refractivity contribution in [1.82, 2.24) is 10.2 Å². The molecule has 3 aromatic carbocycles. The highest BCUT2D eigenvalue weighted by Gasteiger charge is 2.36. The van der Waals surface area contributed by atoms with Crippen LogP contribution in [0.4, 0.5) is 10.5 Å². The lowest BCUT2D eigenvalue weighted by atomic mass is 9.98. The molecular formula is C33H38ClN3O5. The van der Waals surface area contributed by atoms with E-state index in [0.717, 1.165) is 16.7 Å². The molecule has 3 rings (SSSR count). The highest BCUT2D eigenvalue weighted by molar-refractivity contribution is 6.34. The molecule has 0 aliphatic rings. The van der Waals surface area contributed by atoms with Gasteiger partial charge in [0.1, 0.15) is 17.7 Å². The minimum Gasteiger partial charge on any atom is -0.444 e. The number of carbonyl (C=O) groups excluding carboxylic acids is 3. The number of anilines is 1. The third kappa shape index (κ3) is 8.93. The molecule has 0 heterocycles. The second-order valence-electron chi connectivity index (χ2n) is 10.8. The van der Waals surface area contributed by atoms with Gasteiger partial charge in [-0.15, -0.1) is 0 Å². The number of benzene rings is 3. The Morgan fingerprint density at radius 2 is 1.74 bits per heavy atom. The van der Waals surface area contributed by atoms with Crippen molar-refractivity contribution in [2.24, 2.45) is 0 Å². The van der Waals surface area contributed by atoms with Crippen molar-refractivity contribution in [2.45, 2.75) is 51.8 Å². The lowest BCUT2D eigenvalue weighted by Gasteiger charge is -2.34. The van der Waals surface area contributed by atoms with E-state index < -0.39 is 42.2 Å². The SMILES string of the molecule is C=Cc1cccc(C(C(=O)Nc2c(C)cccc2Cl)N(CCO)C(=O)C(Cc2ccccc2)NC(=O)OC(C)(C)C)c1. The Labute approximate surface area is 252 Å². The predicted octanol–water partition coefficient (Wildman–Crippen LogP) is 5.93. The first-order valence-electron chi connectivity index (χ1n) is 13.7. The van der Waals surface area contributed by atoms with Crippen LogP contribution in [-0.4, -0.2) is 52.7 Å². The normalized spacial score (nSPS) is 12.5. The van der Waals surface area contributed by atoms with Crippen LogP contribution < -0.4 is 10.6 Å². The molecule has 0 saturated carbocycles. The van der Waals surface area contributed by atoms with E-state index in [1.807, 2.05) is 49.4 Å². The largest absolute Gasteiger partial charge is 0.444 e. The first-order valence-corrected chi connectivity index (χ1v) is 14.0. The van der Waals surface area contributed by atoms with E-state index in [-0.39, 0.29) is 13.0 Å². The summed E-state index contributed by atoms with van der Waals surface area (Å²) in [7, 11) is 0. The zero-order valence-corrected chi connectivity index (χ0v) is 25.1. The molecule has 0 aliphatic carbocycles. The van der Waals surface area contributed by atoms with E-state index in [0.29, 0.717) is 16.3 Å². The minimum atomic E-state index is -1.18. The van der Waals surface area contributed by atoms with Gasteiger partial charge in [0.05, 0.1) is 17.3 Å². The summed E-state index contributed by atoms with van der Waals surface area (Å²) in [5, 5.41) is 16.0. The van der Waals surface area contributed by atoms with Gasteiger partial charge < -0.3 is 25.4 Å². The van der Waals surface area contributed by atoms with Gasteiger partial charge in [0.25, 0.3) is 5.91 Å². The van der Waals surface area contributed by atoms with Gasteiger partial charge in [-0.3, -0.25) is 9.59 Å². The molecule has 0 saturated heterocycles. The maximum atomic E-state index is 14.3. The number of ether oxygens (including phenoxy) is 1. The Balaban J connectivity index is 2.09. The minimum absolute atomic E-state index is 0.130. The average Bonchev–Trinajstić information content (AvgIpc) is 2.94. The average molecular weight is 592 g/mol. The summed E-state index contributed by atoms with van der Waals surface area (Å²) >= 11 is 6.42. The fourth-order valence-electron chi connectivity index (χ4n) is 4.48. The molecule has 3 amide bonds. The van der Waals surface area contributed by atoms with Crippen LogP contribution in [0.5, 0.6) is 0 Å². The molecule has 2 unspecified atom stereocenters. The van der Waals surface area contributed by atoms with Gasteiger partial charge >= 0.3 is 6.09 Å². The molecule has 0 radical (unpaired) electrons. The van der Waals surface area contributed by atoms with Crippen molar-refractivity contribution in [3.63, 3.8) is 0 Å². The number of rotatable bonds is 11. The summed E-state index contributed by atoms with van der Waals surface area (Å²) in [6.45, 7) is 10.2. The summed E-state index contributed by atoms with van der Waals surface area (Å²) in [4.78, 5) is 42.5. The van der Waals surface area contributed by atoms with Crippen LogP contribution in [0, 0.1) is 6.92 Å². The lowest BCUT2D eigenvalue weighted by molar-refractivity contribution is -0.141. The number of aliphatic hydroxyl groups excluding tert-OH is 1. The van der Waals surface area contributed by atoms with Gasteiger partial charge in [-0.2, -0.15) is 0 Å². The smallest absolute Gasteiger partial charge is 0.408 e. The molecule has 3 N–H and O–H groups in total. The maximum absolute atomic E-state index is 14.3. The summed E-state index contributed by atoms with van der Waals surface area (Å²) in [6, 6.07) is 19.2. The number of alkyl carbamates (subject to hydrolysis) is 1. The van der Waals surface area contributed by atoms with Crippen molar-refractivity contribution in [1.29, 1.82) is 0 Å². The van der Waals surface area contributed by atoms with E-state index in [2.05, 4.69) is 17.2 Å². The number of amides is 3. The standard InChI is InChI=1S/C33H38ClN3O5/c1-6-23-15-11-16-25(20-23)29(30(39)36-28-22(2)12-10-17-26(28)34)37(18-19-38)31(40)27(21-24-13-8-7-9-14-24)35-32(41)42-33(3,4)5/h6-17,20,27,29,38H,1,18-19,21H2,2-5H3,(H,35,41)(H,36,39). The summed E-state index contributed by atoms with van der Waals surface area (Å²) < 4.78 is 5.45. The summed E-state index contributed by atoms with van der Waals surface area (Å²) in [5.41, 5.74) is 2.38. The number of hydrogen-bond donors (Lipinski definition) is 3. The Hall–Kier alpha value is -4.14. The van der Waals surface area contributed by atoms with Gasteiger partial charge in [-0.25, -0.2) is 4.79 Å². The first-order chi connectivity index (χ1) is 19.9. The fraction of sp³-hybridized carbons (Fsp3) is 0.303. The van der Waals surface area contributed by atoms with Gasteiger partial charge in [-0.05, 0) is 62.1 Å². The molecule has 0 aromatic heterocycles. The molecule has 0 fully saturated rings. The number of halogens is 1. The van der Waals surface area contributed by atoms with E-state index in [1.54, 1.807) is 57.2 Å². The van der Waals surface area contributed by atoms with Gasteiger partial charge in [0.2, 0.25) is 5.91 Å². The number of carbonyl (C=O) groups is 3. The van der Waals surface area contributed by atoms with Crippen molar-refractivity contribution in [3.8, 4) is 0 Å². The first kappa shape index (κ1) is 32.4. The number of aliphatic hydroxyl groups is 1. The molecule has 0 aliphatic heterocycles. The van der Waals surface area contributed by atoms with E-state index in [4.69, 9.17) is 16.3 Å².